The molecule has 0 aliphatic carbocycles. The van der Waals surface area contributed by atoms with Crippen LogP contribution >= 0.6 is 27.3 Å². The molecule has 2 aromatic heterocycles. The van der Waals surface area contributed by atoms with Crippen molar-refractivity contribution in [2.75, 3.05) is 5.32 Å². The standard InChI is InChI=1S/C11H8BrN3S/c12-11-4-1-8(6-15-11)14-7-10-3-2-9(5-13)16-10/h1-4,6,14H,7H2. The molecule has 80 valence electrons. The van der Waals surface area contributed by atoms with Gasteiger partial charge in [-0.15, -0.1) is 11.3 Å². The van der Waals surface area contributed by atoms with Crippen LogP contribution in [-0.4, -0.2) is 4.98 Å². The fraction of sp³-hybridized carbons (Fsp3) is 0.0909. The van der Waals surface area contributed by atoms with Crippen LogP contribution in [0.15, 0.2) is 35.1 Å². The smallest absolute Gasteiger partial charge is 0.110 e. The van der Waals surface area contributed by atoms with E-state index in [9.17, 15) is 0 Å². The van der Waals surface area contributed by atoms with Gasteiger partial charge in [-0.25, -0.2) is 4.98 Å². The number of nitrogens with one attached hydrogen (secondary N) is 1. The molecule has 1 N–H and O–H groups in total. The Balaban J connectivity index is 1.97. The van der Waals surface area contributed by atoms with E-state index >= 15 is 0 Å². The molecule has 3 nitrogen and oxygen atoms in total. The fourth-order valence-corrected chi connectivity index (χ4v) is 2.18. The topological polar surface area (TPSA) is 48.7 Å². The van der Waals surface area contributed by atoms with Gasteiger partial charge in [0.2, 0.25) is 0 Å². The predicted molar refractivity (Wildman–Crippen MR) is 68.3 cm³/mol. The number of rotatable bonds is 3. The minimum atomic E-state index is 0.718. The number of aromatic nitrogens is 1. The highest BCUT2D eigenvalue weighted by atomic mass is 79.9. The quantitative estimate of drug-likeness (QED) is 0.883. The van der Waals surface area contributed by atoms with Crippen molar-refractivity contribution in [3.63, 3.8) is 0 Å². The van der Waals surface area contributed by atoms with Crippen LogP contribution in [-0.2, 0) is 6.54 Å². The van der Waals surface area contributed by atoms with E-state index in [-0.39, 0.29) is 0 Å². The molecule has 2 rings (SSSR count). The molecule has 2 heterocycles. The summed E-state index contributed by atoms with van der Waals surface area (Å²) in [6, 6.07) is 9.76. The molecule has 0 spiro atoms. The lowest BCUT2D eigenvalue weighted by Gasteiger charge is -2.03. The fourth-order valence-electron chi connectivity index (χ4n) is 1.20. The van der Waals surface area contributed by atoms with Gasteiger partial charge in [-0.3, -0.25) is 0 Å². The highest BCUT2D eigenvalue weighted by Gasteiger charge is 1.99. The summed E-state index contributed by atoms with van der Waals surface area (Å²) < 4.78 is 0.820. The van der Waals surface area contributed by atoms with Gasteiger partial charge in [0.1, 0.15) is 15.5 Å². The second kappa shape index (κ2) is 5.10. The van der Waals surface area contributed by atoms with Gasteiger partial charge in [0.05, 0.1) is 11.9 Å². The SMILES string of the molecule is N#Cc1ccc(CNc2ccc(Br)nc2)s1. The monoisotopic (exact) mass is 293 g/mol. The van der Waals surface area contributed by atoms with E-state index in [1.807, 2.05) is 24.3 Å². The Kier molecular flexibility index (Phi) is 3.54. The van der Waals surface area contributed by atoms with E-state index in [1.54, 1.807) is 6.20 Å². The van der Waals surface area contributed by atoms with Crippen molar-refractivity contribution in [2.45, 2.75) is 6.54 Å². The summed E-state index contributed by atoms with van der Waals surface area (Å²) in [6.07, 6.45) is 1.77. The maximum Gasteiger partial charge on any atom is 0.110 e. The zero-order valence-electron chi connectivity index (χ0n) is 8.27. The first-order valence-corrected chi connectivity index (χ1v) is 6.23. The number of hydrogen-bond donors (Lipinski definition) is 1. The van der Waals surface area contributed by atoms with Crippen molar-refractivity contribution in [1.29, 1.82) is 5.26 Å². The third kappa shape index (κ3) is 2.81. The number of nitriles is 1. The van der Waals surface area contributed by atoms with Crippen molar-refractivity contribution in [1.82, 2.24) is 4.98 Å². The molecule has 0 aromatic carbocycles. The van der Waals surface area contributed by atoms with E-state index in [4.69, 9.17) is 5.26 Å². The number of halogens is 1. The van der Waals surface area contributed by atoms with E-state index in [1.165, 1.54) is 11.3 Å². The van der Waals surface area contributed by atoms with Crippen LogP contribution in [0, 0.1) is 11.3 Å². The van der Waals surface area contributed by atoms with Crippen LogP contribution in [0.4, 0.5) is 5.69 Å². The Labute approximate surface area is 106 Å². The molecule has 0 saturated carbocycles. The van der Waals surface area contributed by atoms with Gasteiger partial charge in [0, 0.05) is 11.4 Å². The predicted octanol–water partition coefficient (Wildman–Crippen LogP) is 3.39. The average Bonchev–Trinajstić information content (AvgIpc) is 2.76. The van der Waals surface area contributed by atoms with Crippen molar-refractivity contribution in [3.8, 4) is 6.07 Å². The lowest BCUT2D eigenvalue weighted by Crippen LogP contribution is -1.97. The largest absolute Gasteiger partial charge is 0.379 e. The van der Waals surface area contributed by atoms with Crippen LogP contribution in [0.25, 0.3) is 0 Å². The number of pyridine rings is 1. The second-order valence-electron chi connectivity index (χ2n) is 3.10. The highest BCUT2D eigenvalue weighted by molar-refractivity contribution is 9.10. The third-order valence-corrected chi connectivity index (χ3v) is 3.42. The van der Waals surface area contributed by atoms with Gasteiger partial charge in [-0.05, 0) is 40.2 Å². The summed E-state index contributed by atoms with van der Waals surface area (Å²) in [5, 5.41) is 11.9. The van der Waals surface area contributed by atoms with Gasteiger partial charge in [-0.1, -0.05) is 0 Å². The van der Waals surface area contributed by atoms with Crippen LogP contribution in [0.1, 0.15) is 9.75 Å². The average molecular weight is 294 g/mol. The van der Waals surface area contributed by atoms with Crippen LogP contribution in [0.5, 0.6) is 0 Å². The van der Waals surface area contributed by atoms with Crippen molar-refractivity contribution in [3.05, 3.63) is 44.8 Å². The third-order valence-electron chi connectivity index (χ3n) is 1.97. The lowest BCUT2D eigenvalue weighted by atomic mass is 10.4. The minimum absolute atomic E-state index is 0.718. The number of nitrogens with zero attached hydrogens (tertiary/aromatic N) is 2. The summed E-state index contributed by atoms with van der Waals surface area (Å²) >= 11 is 4.78. The zero-order chi connectivity index (χ0) is 11.4. The Morgan fingerprint density at radius 3 is 2.88 bits per heavy atom. The number of hydrogen-bond acceptors (Lipinski definition) is 4. The molecule has 0 atom stereocenters. The van der Waals surface area contributed by atoms with E-state index < -0.39 is 0 Å². The maximum absolute atomic E-state index is 8.69. The molecule has 0 radical (unpaired) electrons. The van der Waals surface area contributed by atoms with E-state index in [0.29, 0.717) is 0 Å². The minimum Gasteiger partial charge on any atom is -0.379 e. The second-order valence-corrected chi connectivity index (χ2v) is 5.08. The van der Waals surface area contributed by atoms with Crippen LogP contribution in [0.3, 0.4) is 0 Å². The van der Waals surface area contributed by atoms with Gasteiger partial charge in [-0.2, -0.15) is 5.26 Å². The van der Waals surface area contributed by atoms with Crippen molar-refractivity contribution >= 4 is 33.0 Å². The molecule has 5 heteroatoms. The Hall–Kier alpha value is -1.38. The molecule has 16 heavy (non-hydrogen) atoms. The van der Waals surface area contributed by atoms with E-state index in [2.05, 4.69) is 32.3 Å². The van der Waals surface area contributed by atoms with Gasteiger partial charge in [0.25, 0.3) is 0 Å². The molecular weight excluding hydrogens is 286 g/mol. The number of anilines is 1. The van der Waals surface area contributed by atoms with Gasteiger partial charge >= 0.3 is 0 Å². The molecule has 2 aromatic rings. The summed E-state index contributed by atoms with van der Waals surface area (Å²) in [5.74, 6) is 0. The number of thiophene rings is 1. The first kappa shape index (κ1) is 11.1. The van der Waals surface area contributed by atoms with Crippen LogP contribution in [0.2, 0.25) is 0 Å². The van der Waals surface area contributed by atoms with Crippen LogP contribution < -0.4 is 5.32 Å². The summed E-state index contributed by atoms with van der Waals surface area (Å²) in [7, 11) is 0. The zero-order valence-corrected chi connectivity index (χ0v) is 10.7. The molecule has 0 amide bonds. The lowest BCUT2D eigenvalue weighted by molar-refractivity contribution is 1.16. The van der Waals surface area contributed by atoms with E-state index in [0.717, 1.165) is 26.6 Å². The molecule has 0 saturated heterocycles. The van der Waals surface area contributed by atoms with Gasteiger partial charge < -0.3 is 5.32 Å². The first-order chi connectivity index (χ1) is 7.78. The molecule has 0 aliphatic rings. The normalized spacial score (nSPS) is 9.75. The molecule has 0 aliphatic heterocycles. The van der Waals surface area contributed by atoms with Crippen molar-refractivity contribution in [2.24, 2.45) is 0 Å². The molecular formula is C11H8BrN3S. The Morgan fingerprint density at radius 2 is 2.25 bits per heavy atom. The molecule has 0 fully saturated rings. The highest BCUT2D eigenvalue weighted by Crippen LogP contribution is 2.17. The summed E-state index contributed by atoms with van der Waals surface area (Å²) in [4.78, 5) is 6.00. The van der Waals surface area contributed by atoms with Crippen molar-refractivity contribution < 1.29 is 0 Å². The maximum atomic E-state index is 8.69. The van der Waals surface area contributed by atoms with Gasteiger partial charge in [0.15, 0.2) is 0 Å². The molecule has 0 bridgehead atoms. The Morgan fingerprint density at radius 1 is 1.38 bits per heavy atom. The summed E-state index contributed by atoms with van der Waals surface area (Å²) in [5.41, 5.74) is 0.968. The Bertz CT molecular complexity index is 513. The molecule has 0 unspecified atom stereocenters. The summed E-state index contributed by atoms with van der Waals surface area (Å²) in [6.45, 7) is 0.718. The first-order valence-electron chi connectivity index (χ1n) is 4.62.